The summed E-state index contributed by atoms with van der Waals surface area (Å²) in [6.45, 7) is 6.14. The molecule has 1 saturated heterocycles. The average molecular weight is 362 g/mol. The van der Waals surface area contributed by atoms with Gasteiger partial charge in [0.15, 0.2) is 5.78 Å². The predicted molar refractivity (Wildman–Crippen MR) is 103 cm³/mol. The van der Waals surface area contributed by atoms with Gasteiger partial charge in [-0.1, -0.05) is 39.0 Å². The van der Waals surface area contributed by atoms with Gasteiger partial charge in [-0.15, -0.1) is 0 Å². The van der Waals surface area contributed by atoms with Crippen molar-refractivity contribution in [1.29, 1.82) is 0 Å². The van der Waals surface area contributed by atoms with Crippen molar-refractivity contribution in [1.82, 2.24) is 4.90 Å². The highest BCUT2D eigenvalue weighted by Crippen LogP contribution is 2.22. The van der Waals surface area contributed by atoms with Crippen molar-refractivity contribution in [3.05, 3.63) is 29.6 Å². The van der Waals surface area contributed by atoms with Gasteiger partial charge in [0.2, 0.25) is 5.91 Å². The molecule has 0 N–H and O–H groups in total. The Labute approximate surface area is 156 Å². The van der Waals surface area contributed by atoms with E-state index in [-0.39, 0.29) is 17.5 Å². The van der Waals surface area contributed by atoms with Crippen LogP contribution in [0, 0.1) is 5.82 Å². The molecule has 0 radical (unpaired) electrons. The highest BCUT2D eigenvalue weighted by atomic mass is 19.1. The number of benzene rings is 1. The van der Waals surface area contributed by atoms with Crippen molar-refractivity contribution < 1.29 is 14.0 Å². The molecule has 5 heteroatoms. The molecule has 1 aromatic rings. The molecular formula is C21H31FN2O2. The number of halogens is 1. The van der Waals surface area contributed by atoms with Gasteiger partial charge in [-0.3, -0.25) is 9.59 Å². The van der Waals surface area contributed by atoms with Crippen LogP contribution in [0.1, 0.15) is 69.2 Å². The van der Waals surface area contributed by atoms with Crippen LogP contribution in [-0.2, 0) is 4.79 Å². The van der Waals surface area contributed by atoms with Crippen molar-refractivity contribution in [3.63, 3.8) is 0 Å². The standard InChI is InChI=1S/C21H31FN2O2/c1-3-4-5-6-7-8-9-21(26)24-14-12-23(13-15-24)20-11-10-18(17(2)25)16-19(20)22/h10-11,16H,3-9,12-15H2,1-2H3. The van der Waals surface area contributed by atoms with Gasteiger partial charge in [-0.2, -0.15) is 0 Å². The molecule has 1 amide bonds. The molecule has 0 saturated carbocycles. The van der Waals surface area contributed by atoms with Crippen LogP contribution < -0.4 is 4.90 Å². The third-order valence-electron chi connectivity index (χ3n) is 5.07. The zero-order valence-corrected chi connectivity index (χ0v) is 16.1. The summed E-state index contributed by atoms with van der Waals surface area (Å²) in [5.41, 5.74) is 0.900. The molecule has 1 aromatic carbocycles. The molecular weight excluding hydrogens is 331 g/mol. The first kappa shape index (κ1) is 20.4. The predicted octanol–water partition coefficient (Wildman–Crippen LogP) is 4.43. The lowest BCUT2D eigenvalue weighted by molar-refractivity contribution is -0.131. The Morgan fingerprint density at radius 1 is 1.00 bits per heavy atom. The number of rotatable bonds is 9. The Morgan fingerprint density at radius 2 is 1.65 bits per heavy atom. The fourth-order valence-corrected chi connectivity index (χ4v) is 3.39. The Bertz CT molecular complexity index is 610. The van der Waals surface area contributed by atoms with Gasteiger partial charge >= 0.3 is 0 Å². The summed E-state index contributed by atoms with van der Waals surface area (Å²) in [6, 6.07) is 4.63. The molecule has 0 bridgehead atoms. The molecule has 0 spiro atoms. The topological polar surface area (TPSA) is 40.6 Å². The number of nitrogens with zero attached hydrogens (tertiary/aromatic N) is 2. The van der Waals surface area contributed by atoms with Gasteiger partial charge in [0.05, 0.1) is 5.69 Å². The third kappa shape index (κ3) is 5.82. The number of unbranched alkanes of at least 4 members (excludes halogenated alkanes) is 5. The summed E-state index contributed by atoms with van der Waals surface area (Å²) >= 11 is 0. The minimum atomic E-state index is -0.371. The third-order valence-corrected chi connectivity index (χ3v) is 5.07. The number of piperazine rings is 1. The van der Waals surface area contributed by atoms with E-state index in [9.17, 15) is 14.0 Å². The summed E-state index contributed by atoms with van der Waals surface area (Å²) in [7, 11) is 0. The second-order valence-corrected chi connectivity index (χ2v) is 7.11. The van der Waals surface area contributed by atoms with Crippen LogP contribution >= 0.6 is 0 Å². The lowest BCUT2D eigenvalue weighted by Gasteiger charge is -2.36. The van der Waals surface area contributed by atoms with E-state index in [1.807, 2.05) is 9.80 Å². The molecule has 4 nitrogen and oxygen atoms in total. The second-order valence-electron chi connectivity index (χ2n) is 7.11. The maximum Gasteiger partial charge on any atom is 0.222 e. The van der Waals surface area contributed by atoms with E-state index in [1.54, 1.807) is 12.1 Å². The number of carbonyl (C=O) groups is 2. The number of anilines is 1. The van der Waals surface area contributed by atoms with Crippen LogP contribution in [0.5, 0.6) is 0 Å². The number of ketones is 1. The molecule has 26 heavy (non-hydrogen) atoms. The minimum Gasteiger partial charge on any atom is -0.366 e. The fraction of sp³-hybridized carbons (Fsp3) is 0.619. The zero-order valence-electron chi connectivity index (χ0n) is 16.1. The van der Waals surface area contributed by atoms with E-state index in [0.717, 1.165) is 12.8 Å². The van der Waals surface area contributed by atoms with Crippen molar-refractivity contribution in [2.75, 3.05) is 31.1 Å². The molecule has 1 heterocycles. The number of hydrogen-bond donors (Lipinski definition) is 0. The number of carbonyl (C=O) groups excluding carboxylic acids is 2. The molecule has 1 aliphatic rings. The lowest BCUT2D eigenvalue weighted by Crippen LogP contribution is -2.49. The van der Waals surface area contributed by atoms with Gasteiger partial charge in [0, 0.05) is 38.2 Å². The number of hydrogen-bond acceptors (Lipinski definition) is 3. The zero-order chi connectivity index (χ0) is 18.9. The van der Waals surface area contributed by atoms with Crippen LogP contribution in [0.3, 0.4) is 0 Å². The largest absolute Gasteiger partial charge is 0.366 e. The quantitative estimate of drug-likeness (QED) is 0.482. The lowest BCUT2D eigenvalue weighted by atomic mass is 10.1. The molecule has 1 aliphatic heterocycles. The Kier molecular flexibility index (Phi) is 8.07. The fourth-order valence-electron chi connectivity index (χ4n) is 3.39. The Hall–Kier alpha value is -1.91. The van der Waals surface area contributed by atoms with E-state index < -0.39 is 0 Å². The molecule has 0 aromatic heterocycles. The first-order chi connectivity index (χ1) is 12.5. The van der Waals surface area contributed by atoms with Crippen LogP contribution in [-0.4, -0.2) is 42.8 Å². The molecule has 0 unspecified atom stereocenters. The smallest absolute Gasteiger partial charge is 0.222 e. The highest BCUT2D eigenvalue weighted by Gasteiger charge is 2.22. The summed E-state index contributed by atoms with van der Waals surface area (Å²) in [5, 5.41) is 0. The molecule has 2 rings (SSSR count). The normalized spacial score (nSPS) is 14.6. The maximum absolute atomic E-state index is 14.3. The van der Waals surface area contributed by atoms with Gasteiger partial charge in [0.25, 0.3) is 0 Å². The van der Waals surface area contributed by atoms with Crippen molar-refractivity contribution >= 4 is 17.4 Å². The SMILES string of the molecule is CCCCCCCCC(=O)N1CCN(c2ccc(C(C)=O)cc2F)CC1. The van der Waals surface area contributed by atoms with E-state index in [2.05, 4.69) is 6.92 Å². The summed E-state index contributed by atoms with van der Waals surface area (Å²) in [5.74, 6) is -0.294. The van der Waals surface area contributed by atoms with Crippen LogP contribution in [0.2, 0.25) is 0 Å². The van der Waals surface area contributed by atoms with Crippen LogP contribution in [0.25, 0.3) is 0 Å². The van der Waals surface area contributed by atoms with E-state index in [0.29, 0.717) is 43.9 Å². The minimum absolute atomic E-state index is 0.138. The summed E-state index contributed by atoms with van der Waals surface area (Å²) in [6.07, 6.45) is 7.69. The van der Waals surface area contributed by atoms with Gasteiger partial charge < -0.3 is 9.80 Å². The van der Waals surface area contributed by atoms with E-state index in [4.69, 9.17) is 0 Å². The average Bonchev–Trinajstić information content (AvgIpc) is 2.64. The van der Waals surface area contributed by atoms with Crippen LogP contribution in [0.15, 0.2) is 18.2 Å². The van der Waals surface area contributed by atoms with E-state index >= 15 is 0 Å². The van der Waals surface area contributed by atoms with Crippen molar-refractivity contribution in [2.45, 2.75) is 58.8 Å². The molecule has 1 fully saturated rings. The van der Waals surface area contributed by atoms with Gasteiger partial charge in [-0.25, -0.2) is 4.39 Å². The molecule has 0 atom stereocenters. The first-order valence-corrected chi connectivity index (χ1v) is 9.86. The monoisotopic (exact) mass is 362 g/mol. The number of Topliss-reactive ketones (excluding diaryl/α,β-unsaturated/α-hetero) is 1. The summed E-state index contributed by atoms with van der Waals surface area (Å²) in [4.78, 5) is 27.5. The highest BCUT2D eigenvalue weighted by molar-refractivity contribution is 5.94. The first-order valence-electron chi connectivity index (χ1n) is 9.86. The van der Waals surface area contributed by atoms with Crippen molar-refractivity contribution in [3.8, 4) is 0 Å². The van der Waals surface area contributed by atoms with Crippen LogP contribution in [0.4, 0.5) is 10.1 Å². The van der Waals surface area contributed by atoms with Crippen molar-refractivity contribution in [2.24, 2.45) is 0 Å². The number of amides is 1. The Balaban J connectivity index is 1.76. The summed E-state index contributed by atoms with van der Waals surface area (Å²) < 4.78 is 14.3. The Morgan fingerprint density at radius 3 is 2.27 bits per heavy atom. The molecule has 144 valence electrons. The second kappa shape index (κ2) is 10.3. The maximum atomic E-state index is 14.3. The van der Waals surface area contributed by atoms with E-state index in [1.165, 1.54) is 38.7 Å². The van der Waals surface area contributed by atoms with Gasteiger partial charge in [0.1, 0.15) is 5.82 Å². The molecule has 0 aliphatic carbocycles. The van der Waals surface area contributed by atoms with Gasteiger partial charge in [-0.05, 0) is 31.5 Å².